The molecule has 0 aromatic rings. The molecule has 0 bridgehead atoms. The molecule has 2 fully saturated rings. The number of hydrogen-bond donors (Lipinski definition) is 2. The number of aliphatic hydroxyl groups excluding tert-OH is 2. The second kappa shape index (κ2) is 5.49. The van der Waals surface area contributed by atoms with Crippen molar-refractivity contribution in [1.29, 1.82) is 0 Å². The van der Waals surface area contributed by atoms with Crippen molar-refractivity contribution in [3.8, 4) is 0 Å². The van der Waals surface area contributed by atoms with Crippen LogP contribution in [0.25, 0.3) is 0 Å². The van der Waals surface area contributed by atoms with Gasteiger partial charge in [0.1, 0.15) is 0 Å². The molecule has 2 N–H and O–H groups in total. The summed E-state index contributed by atoms with van der Waals surface area (Å²) >= 11 is 0. The van der Waals surface area contributed by atoms with Gasteiger partial charge < -0.3 is 10.2 Å². The average molecular weight is 304 g/mol. The molecule has 22 heavy (non-hydrogen) atoms. The topological polar surface area (TPSA) is 40.5 Å². The van der Waals surface area contributed by atoms with Crippen molar-refractivity contribution in [1.82, 2.24) is 0 Å². The summed E-state index contributed by atoms with van der Waals surface area (Å²) < 4.78 is 0. The van der Waals surface area contributed by atoms with E-state index >= 15 is 0 Å². The Morgan fingerprint density at radius 2 is 1.95 bits per heavy atom. The third-order valence-electron chi connectivity index (χ3n) is 7.52. The van der Waals surface area contributed by atoms with E-state index in [1.54, 1.807) is 5.57 Å². The van der Waals surface area contributed by atoms with Gasteiger partial charge in [-0.3, -0.25) is 0 Å². The van der Waals surface area contributed by atoms with Crippen molar-refractivity contribution >= 4 is 0 Å². The summed E-state index contributed by atoms with van der Waals surface area (Å²) in [5.74, 6) is 1.06. The number of allylic oxidation sites excluding steroid dienone is 3. The molecule has 0 saturated heterocycles. The third-order valence-corrected chi connectivity index (χ3v) is 7.52. The first-order chi connectivity index (χ1) is 10.4. The first-order valence-electron chi connectivity index (χ1n) is 8.97. The second-order valence-corrected chi connectivity index (χ2v) is 8.73. The van der Waals surface area contributed by atoms with Crippen LogP contribution in [-0.2, 0) is 0 Å². The van der Waals surface area contributed by atoms with Gasteiger partial charge in [-0.2, -0.15) is 0 Å². The first kappa shape index (κ1) is 16.3. The quantitative estimate of drug-likeness (QED) is 0.771. The van der Waals surface area contributed by atoms with Gasteiger partial charge in [-0.05, 0) is 61.2 Å². The average Bonchev–Trinajstić information content (AvgIpc) is 2.53. The molecule has 0 aromatic heterocycles. The summed E-state index contributed by atoms with van der Waals surface area (Å²) in [5.41, 5.74) is 1.86. The molecule has 3 rings (SSSR count). The fraction of sp³-hybridized carbons (Fsp3) is 0.800. The zero-order chi connectivity index (χ0) is 16.0. The largest absolute Gasteiger partial charge is 0.396 e. The van der Waals surface area contributed by atoms with Crippen LogP contribution in [0.5, 0.6) is 0 Å². The van der Waals surface area contributed by atoms with E-state index in [0.29, 0.717) is 11.8 Å². The van der Waals surface area contributed by atoms with Crippen LogP contribution in [0.4, 0.5) is 0 Å². The molecule has 0 aliphatic heterocycles. The summed E-state index contributed by atoms with van der Waals surface area (Å²) in [7, 11) is 0. The van der Waals surface area contributed by atoms with Gasteiger partial charge in [-0.25, -0.2) is 0 Å². The maximum Gasteiger partial charge on any atom is 0.0512 e. The van der Waals surface area contributed by atoms with Gasteiger partial charge in [-0.15, -0.1) is 6.58 Å². The molecule has 2 heteroatoms. The summed E-state index contributed by atoms with van der Waals surface area (Å²) in [6.07, 6.45) is 12.6. The lowest BCUT2D eigenvalue weighted by Gasteiger charge is -2.60. The van der Waals surface area contributed by atoms with E-state index in [1.165, 1.54) is 19.3 Å². The summed E-state index contributed by atoms with van der Waals surface area (Å²) in [6, 6.07) is 0. The molecular formula is C20H32O2. The lowest BCUT2D eigenvalue weighted by molar-refractivity contribution is -0.113. The van der Waals surface area contributed by atoms with E-state index in [9.17, 15) is 10.2 Å². The van der Waals surface area contributed by atoms with Crippen molar-refractivity contribution in [2.45, 2.75) is 58.8 Å². The Hall–Kier alpha value is -0.600. The summed E-state index contributed by atoms with van der Waals surface area (Å²) in [5, 5.41) is 20.0. The second-order valence-electron chi connectivity index (χ2n) is 8.73. The summed E-state index contributed by atoms with van der Waals surface area (Å²) in [4.78, 5) is 0. The van der Waals surface area contributed by atoms with E-state index < -0.39 is 0 Å². The molecule has 124 valence electrons. The van der Waals surface area contributed by atoms with Gasteiger partial charge in [-0.1, -0.05) is 38.0 Å². The van der Waals surface area contributed by atoms with Crippen molar-refractivity contribution in [2.24, 2.45) is 28.1 Å². The van der Waals surface area contributed by atoms with Gasteiger partial charge in [0.15, 0.2) is 0 Å². The number of aliphatic hydroxyl groups is 2. The van der Waals surface area contributed by atoms with Crippen LogP contribution in [0.3, 0.4) is 0 Å². The van der Waals surface area contributed by atoms with Crippen LogP contribution < -0.4 is 0 Å². The summed E-state index contributed by atoms with van der Waals surface area (Å²) in [6.45, 7) is 9.07. The minimum absolute atomic E-state index is 0.129. The van der Waals surface area contributed by atoms with Gasteiger partial charge in [0.2, 0.25) is 0 Å². The number of rotatable bonds is 3. The smallest absolute Gasteiger partial charge is 0.0512 e. The zero-order valence-corrected chi connectivity index (χ0v) is 14.3. The molecule has 0 amide bonds. The Labute approximate surface area is 135 Å². The highest BCUT2D eigenvalue weighted by atomic mass is 16.3. The number of fused-ring (bicyclic) bond motifs is 3. The highest BCUT2D eigenvalue weighted by Gasteiger charge is 2.56. The van der Waals surface area contributed by atoms with Crippen LogP contribution in [0.1, 0.15) is 58.8 Å². The van der Waals surface area contributed by atoms with Gasteiger partial charge in [0.05, 0.1) is 13.2 Å². The Balaban J connectivity index is 1.96. The minimum Gasteiger partial charge on any atom is -0.396 e. The van der Waals surface area contributed by atoms with E-state index in [0.717, 1.165) is 25.7 Å². The van der Waals surface area contributed by atoms with Crippen LogP contribution in [0.2, 0.25) is 0 Å². The first-order valence-corrected chi connectivity index (χ1v) is 8.97. The van der Waals surface area contributed by atoms with Crippen molar-refractivity contribution in [3.05, 3.63) is 24.3 Å². The molecule has 2 nitrogen and oxygen atoms in total. The standard InChI is InChI=1S/C20H32O2/c1-4-18(2)11-8-16-15(12-18)6-7-17-19(16,3)9-5-10-20(17,13-21)14-22/h4,6,16-17,21-22H,1,5,7-14H2,2-3H3/t16-,17+,18-,19+/m0/s1. The van der Waals surface area contributed by atoms with Crippen LogP contribution >= 0.6 is 0 Å². The molecule has 3 aliphatic rings. The Morgan fingerprint density at radius 1 is 1.23 bits per heavy atom. The van der Waals surface area contributed by atoms with E-state index in [-0.39, 0.29) is 29.5 Å². The maximum atomic E-state index is 10.0. The predicted molar refractivity (Wildman–Crippen MR) is 90.4 cm³/mol. The number of hydrogen-bond acceptors (Lipinski definition) is 2. The molecule has 0 radical (unpaired) electrons. The van der Waals surface area contributed by atoms with E-state index in [2.05, 4.69) is 32.6 Å². The van der Waals surface area contributed by atoms with E-state index in [4.69, 9.17) is 0 Å². The highest BCUT2D eigenvalue weighted by Crippen LogP contribution is 2.63. The third kappa shape index (κ3) is 2.22. The highest BCUT2D eigenvalue weighted by molar-refractivity contribution is 5.25. The Kier molecular flexibility index (Phi) is 4.06. The van der Waals surface area contributed by atoms with Crippen molar-refractivity contribution in [2.75, 3.05) is 13.2 Å². The molecule has 2 saturated carbocycles. The Morgan fingerprint density at radius 3 is 2.59 bits per heavy atom. The van der Waals surface area contributed by atoms with Gasteiger partial charge in [0, 0.05) is 5.41 Å². The Bertz CT molecular complexity index is 476. The molecule has 3 aliphatic carbocycles. The van der Waals surface area contributed by atoms with Gasteiger partial charge >= 0.3 is 0 Å². The molecule has 0 spiro atoms. The molecule has 0 heterocycles. The van der Waals surface area contributed by atoms with E-state index in [1.807, 2.05) is 0 Å². The monoisotopic (exact) mass is 304 g/mol. The minimum atomic E-state index is -0.270. The van der Waals surface area contributed by atoms with Gasteiger partial charge in [0.25, 0.3) is 0 Å². The molecule has 0 unspecified atom stereocenters. The van der Waals surface area contributed by atoms with Crippen LogP contribution in [-0.4, -0.2) is 23.4 Å². The SMILES string of the molecule is C=C[C@@]1(C)CC[C@H]2C(=CC[C@H]3C(CO)(CO)CCC[C@]23C)C1. The molecule has 4 atom stereocenters. The maximum absolute atomic E-state index is 10.0. The van der Waals surface area contributed by atoms with Crippen LogP contribution in [0.15, 0.2) is 24.3 Å². The fourth-order valence-electron chi connectivity index (χ4n) is 5.98. The molecular weight excluding hydrogens is 272 g/mol. The fourth-order valence-corrected chi connectivity index (χ4v) is 5.98. The molecule has 0 aromatic carbocycles. The lowest BCUT2D eigenvalue weighted by Crippen LogP contribution is -2.54. The normalized spacial score (nSPS) is 43.7. The van der Waals surface area contributed by atoms with Crippen LogP contribution in [0, 0.1) is 28.1 Å². The predicted octanol–water partition coefficient (Wildman–Crippen LogP) is 4.09. The van der Waals surface area contributed by atoms with Crippen molar-refractivity contribution < 1.29 is 10.2 Å². The lowest BCUT2D eigenvalue weighted by atomic mass is 9.45. The zero-order valence-electron chi connectivity index (χ0n) is 14.3. The van der Waals surface area contributed by atoms with Crippen molar-refractivity contribution in [3.63, 3.8) is 0 Å².